The summed E-state index contributed by atoms with van der Waals surface area (Å²) >= 11 is 0. The van der Waals surface area contributed by atoms with Crippen LogP contribution in [0.2, 0.25) is 0 Å². The number of aromatic hydroxyl groups is 2. The van der Waals surface area contributed by atoms with Crippen LogP contribution in [0.3, 0.4) is 0 Å². The SMILES string of the molecule is CCCCCN(CC(=O)ON1C(=O)CCC1O)C(=O)c1cccc(O)c1O. The third kappa shape index (κ3) is 5.10. The summed E-state index contributed by atoms with van der Waals surface area (Å²) in [6.45, 7) is 1.75. The van der Waals surface area contributed by atoms with Gasteiger partial charge >= 0.3 is 5.97 Å². The number of aliphatic hydroxyl groups excluding tert-OH is 1. The number of phenolic OH excluding ortho intramolecular Hbond substituents is 2. The van der Waals surface area contributed by atoms with Gasteiger partial charge in [0.15, 0.2) is 17.7 Å². The van der Waals surface area contributed by atoms with Gasteiger partial charge in [-0.2, -0.15) is 0 Å². The molecule has 1 saturated heterocycles. The van der Waals surface area contributed by atoms with Gasteiger partial charge in [-0.15, -0.1) is 5.06 Å². The quantitative estimate of drug-likeness (QED) is 0.456. The standard InChI is InChI=1S/C18H24N2O7/c1-2-3-4-10-19(18(26)12-6-5-7-13(21)17(12)25)11-16(24)27-20-14(22)8-9-15(20)23/h5-7,14,21-22,25H,2-4,8-11H2,1H3. The van der Waals surface area contributed by atoms with Crippen LogP contribution in [-0.2, 0) is 14.4 Å². The molecule has 0 saturated carbocycles. The van der Waals surface area contributed by atoms with Crippen molar-refractivity contribution in [1.82, 2.24) is 9.96 Å². The second-order valence-electron chi connectivity index (χ2n) is 6.31. The maximum Gasteiger partial charge on any atom is 0.351 e. The minimum absolute atomic E-state index is 0.0742. The largest absolute Gasteiger partial charge is 0.504 e. The summed E-state index contributed by atoms with van der Waals surface area (Å²) in [6.07, 6.45) is 1.40. The van der Waals surface area contributed by atoms with Crippen LogP contribution in [0.25, 0.3) is 0 Å². The van der Waals surface area contributed by atoms with Crippen LogP contribution in [0.5, 0.6) is 11.5 Å². The average molecular weight is 380 g/mol. The lowest BCUT2D eigenvalue weighted by Crippen LogP contribution is -2.42. The van der Waals surface area contributed by atoms with Gasteiger partial charge in [-0.05, 0) is 18.6 Å². The number of rotatable bonds is 8. The Kier molecular flexibility index (Phi) is 7.00. The Morgan fingerprint density at radius 3 is 2.67 bits per heavy atom. The summed E-state index contributed by atoms with van der Waals surface area (Å²) in [7, 11) is 0. The van der Waals surface area contributed by atoms with Crippen molar-refractivity contribution < 1.29 is 34.5 Å². The molecule has 1 heterocycles. The van der Waals surface area contributed by atoms with Crippen LogP contribution in [-0.4, -0.2) is 62.4 Å². The van der Waals surface area contributed by atoms with Crippen LogP contribution in [0.4, 0.5) is 0 Å². The van der Waals surface area contributed by atoms with E-state index in [1.165, 1.54) is 23.1 Å². The van der Waals surface area contributed by atoms with Crippen molar-refractivity contribution in [2.45, 2.75) is 45.3 Å². The Hall–Kier alpha value is -2.81. The highest BCUT2D eigenvalue weighted by atomic mass is 16.7. The average Bonchev–Trinajstić information content (AvgIpc) is 2.94. The maximum atomic E-state index is 12.7. The summed E-state index contributed by atoms with van der Waals surface area (Å²) in [5.41, 5.74) is -0.142. The molecule has 2 rings (SSSR count). The van der Waals surface area contributed by atoms with Gasteiger partial charge in [0.2, 0.25) is 0 Å². The number of amides is 2. The lowest BCUT2D eigenvalue weighted by atomic mass is 10.1. The number of hydrogen-bond donors (Lipinski definition) is 3. The summed E-state index contributed by atoms with van der Waals surface area (Å²) in [6, 6.07) is 3.98. The first-order valence-electron chi connectivity index (χ1n) is 8.86. The molecule has 0 spiro atoms. The number of phenols is 2. The number of carbonyl (C=O) groups excluding carboxylic acids is 3. The Balaban J connectivity index is 2.11. The smallest absolute Gasteiger partial charge is 0.351 e. The second-order valence-corrected chi connectivity index (χ2v) is 6.31. The van der Waals surface area contributed by atoms with E-state index < -0.39 is 42.1 Å². The number of carbonyl (C=O) groups is 3. The van der Waals surface area contributed by atoms with Gasteiger partial charge in [0.25, 0.3) is 11.8 Å². The second kappa shape index (κ2) is 9.22. The Labute approximate surface area is 156 Å². The lowest BCUT2D eigenvalue weighted by molar-refractivity contribution is -0.220. The molecule has 9 heteroatoms. The molecule has 0 radical (unpaired) electrons. The van der Waals surface area contributed by atoms with Gasteiger partial charge in [-0.1, -0.05) is 25.8 Å². The van der Waals surface area contributed by atoms with Gasteiger partial charge in [0.1, 0.15) is 6.54 Å². The van der Waals surface area contributed by atoms with E-state index in [-0.39, 0.29) is 24.9 Å². The van der Waals surface area contributed by atoms with E-state index in [2.05, 4.69) is 0 Å². The normalized spacial score (nSPS) is 16.4. The number of hydrogen-bond acceptors (Lipinski definition) is 7. The summed E-state index contributed by atoms with van der Waals surface area (Å²) in [5, 5.41) is 29.8. The third-order valence-electron chi connectivity index (χ3n) is 4.22. The molecule has 2 amide bonds. The fraction of sp³-hybridized carbons (Fsp3) is 0.500. The predicted molar refractivity (Wildman–Crippen MR) is 93.4 cm³/mol. The van der Waals surface area contributed by atoms with E-state index in [4.69, 9.17) is 4.84 Å². The van der Waals surface area contributed by atoms with E-state index >= 15 is 0 Å². The third-order valence-corrected chi connectivity index (χ3v) is 4.22. The van der Waals surface area contributed by atoms with Gasteiger partial charge in [-0.3, -0.25) is 9.59 Å². The van der Waals surface area contributed by atoms with Crippen molar-refractivity contribution in [3.05, 3.63) is 23.8 Å². The van der Waals surface area contributed by atoms with Crippen molar-refractivity contribution in [1.29, 1.82) is 0 Å². The monoisotopic (exact) mass is 380 g/mol. The zero-order valence-corrected chi connectivity index (χ0v) is 15.1. The first-order chi connectivity index (χ1) is 12.8. The van der Waals surface area contributed by atoms with Gasteiger partial charge < -0.3 is 25.1 Å². The van der Waals surface area contributed by atoms with E-state index in [0.29, 0.717) is 11.5 Å². The molecule has 1 aromatic carbocycles. The molecule has 1 atom stereocenters. The number of para-hydroxylation sites is 1. The Morgan fingerprint density at radius 1 is 1.30 bits per heavy atom. The number of nitrogens with zero attached hydrogens (tertiary/aromatic N) is 2. The molecule has 3 N–H and O–H groups in total. The van der Waals surface area contributed by atoms with Crippen molar-refractivity contribution in [3.63, 3.8) is 0 Å². The van der Waals surface area contributed by atoms with Crippen LogP contribution in [0, 0.1) is 0 Å². The topological polar surface area (TPSA) is 128 Å². The molecular weight excluding hydrogens is 356 g/mol. The summed E-state index contributed by atoms with van der Waals surface area (Å²) < 4.78 is 0. The molecule has 1 aromatic rings. The van der Waals surface area contributed by atoms with Crippen LogP contribution >= 0.6 is 0 Å². The molecule has 9 nitrogen and oxygen atoms in total. The highest BCUT2D eigenvalue weighted by molar-refractivity contribution is 5.99. The molecule has 27 heavy (non-hydrogen) atoms. The fourth-order valence-corrected chi connectivity index (χ4v) is 2.73. The van der Waals surface area contributed by atoms with Crippen LogP contribution < -0.4 is 0 Å². The van der Waals surface area contributed by atoms with Crippen molar-refractivity contribution in [2.75, 3.05) is 13.1 Å². The molecule has 0 bridgehead atoms. The van der Waals surface area contributed by atoms with Gasteiger partial charge in [0, 0.05) is 19.4 Å². The first-order valence-corrected chi connectivity index (χ1v) is 8.86. The highest BCUT2D eigenvalue weighted by Crippen LogP contribution is 2.29. The van der Waals surface area contributed by atoms with Crippen molar-refractivity contribution in [2.24, 2.45) is 0 Å². The molecule has 1 aliphatic rings. The van der Waals surface area contributed by atoms with Crippen molar-refractivity contribution in [3.8, 4) is 11.5 Å². The predicted octanol–water partition coefficient (Wildman–Crippen LogP) is 1.13. The molecule has 148 valence electrons. The summed E-state index contributed by atoms with van der Waals surface area (Å²) in [5.74, 6) is -3.05. The van der Waals surface area contributed by atoms with E-state index in [1.807, 2.05) is 6.92 Å². The van der Waals surface area contributed by atoms with Gasteiger partial charge in [-0.25, -0.2) is 4.79 Å². The number of hydroxylamine groups is 2. The molecule has 0 aromatic heterocycles. The number of unbranched alkanes of at least 4 members (excludes halogenated alkanes) is 2. The number of aliphatic hydroxyl groups is 1. The minimum atomic E-state index is -1.19. The molecule has 1 aliphatic heterocycles. The molecule has 0 aliphatic carbocycles. The van der Waals surface area contributed by atoms with Crippen LogP contribution in [0.1, 0.15) is 49.4 Å². The molecule has 1 unspecified atom stereocenters. The zero-order valence-electron chi connectivity index (χ0n) is 15.1. The van der Waals surface area contributed by atoms with Gasteiger partial charge in [0.05, 0.1) is 5.56 Å². The zero-order chi connectivity index (χ0) is 20.0. The minimum Gasteiger partial charge on any atom is -0.504 e. The maximum absolute atomic E-state index is 12.7. The van der Waals surface area contributed by atoms with E-state index in [1.54, 1.807) is 0 Å². The number of benzene rings is 1. The highest BCUT2D eigenvalue weighted by Gasteiger charge is 2.33. The van der Waals surface area contributed by atoms with E-state index in [9.17, 15) is 29.7 Å². The van der Waals surface area contributed by atoms with Crippen molar-refractivity contribution >= 4 is 17.8 Å². The van der Waals surface area contributed by atoms with Crippen LogP contribution in [0.15, 0.2) is 18.2 Å². The molecule has 1 fully saturated rings. The summed E-state index contributed by atoms with van der Waals surface area (Å²) in [4.78, 5) is 42.6. The fourth-order valence-electron chi connectivity index (χ4n) is 2.73. The first kappa shape index (κ1) is 20.5. The Bertz CT molecular complexity index is 707. The molecular formula is C18H24N2O7. The lowest BCUT2D eigenvalue weighted by Gasteiger charge is -2.24. The van der Waals surface area contributed by atoms with E-state index in [0.717, 1.165) is 12.8 Å². The Morgan fingerprint density at radius 2 is 2.04 bits per heavy atom.